The number of esters is 1. The lowest BCUT2D eigenvalue weighted by atomic mass is 9.97. The Kier molecular flexibility index (Phi) is 6.68. The predicted molar refractivity (Wildman–Crippen MR) is 104 cm³/mol. The van der Waals surface area contributed by atoms with E-state index in [0.29, 0.717) is 5.95 Å². The van der Waals surface area contributed by atoms with Gasteiger partial charge in [0.1, 0.15) is 6.10 Å². The van der Waals surface area contributed by atoms with Crippen molar-refractivity contribution in [1.29, 1.82) is 0 Å². The maximum absolute atomic E-state index is 12.7. The van der Waals surface area contributed by atoms with Gasteiger partial charge in [-0.15, -0.1) is 0 Å². The lowest BCUT2D eigenvalue weighted by Crippen LogP contribution is -2.34. The molecule has 1 aromatic carbocycles. The topological polar surface area (TPSA) is 101 Å². The first kappa shape index (κ1) is 19.2. The van der Waals surface area contributed by atoms with E-state index in [1.54, 1.807) is 18.5 Å². The number of aromatic nitrogens is 2. The number of nitrogens with zero attached hydrogens (tertiary/aromatic N) is 4. The van der Waals surface area contributed by atoms with Crippen LogP contribution in [0.15, 0.2) is 47.2 Å². The summed E-state index contributed by atoms with van der Waals surface area (Å²) < 4.78 is 6.48. The molecule has 2 aromatic rings. The van der Waals surface area contributed by atoms with Crippen molar-refractivity contribution in [2.24, 2.45) is 0 Å². The molecule has 0 radical (unpaired) electrons. The van der Waals surface area contributed by atoms with Crippen molar-refractivity contribution in [3.63, 3.8) is 0 Å². The number of rotatable bonds is 6. The molecule has 1 N–H and O–H groups in total. The summed E-state index contributed by atoms with van der Waals surface area (Å²) >= 11 is 3.39. The largest absolute Gasteiger partial charge is 0.454 e. The fourth-order valence-electron chi connectivity index (χ4n) is 3.08. The Hall–Kier alpha value is -2.57. The van der Waals surface area contributed by atoms with E-state index < -0.39 is 12.0 Å². The molecule has 7 nitrogen and oxygen atoms in total. The molecule has 1 aliphatic carbocycles. The van der Waals surface area contributed by atoms with Gasteiger partial charge < -0.3 is 15.6 Å². The van der Waals surface area contributed by atoms with E-state index >= 15 is 0 Å². The Morgan fingerprint density at radius 3 is 2.48 bits per heavy atom. The highest BCUT2D eigenvalue weighted by atomic mass is 79.9. The fourth-order valence-corrected chi connectivity index (χ4v) is 3.34. The summed E-state index contributed by atoms with van der Waals surface area (Å²) in [5.41, 5.74) is 10.2. The molecule has 0 aliphatic heterocycles. The van der Waals surface area contributed by atoms with Gasteiger partial charge >= 0.3 is 11.7 Å². The number of nitrogens with one attached hydrogen (secondary N) is 1. The highest BCUT2D eigenvalue weighted by Crippen LogP contribution is 2.24. The molecule has 0 spiro atoms. The van der Waals surface area contributed by atoms with Crippen LogP contribution < -0.4 is 5.32 Å². The third-order valence-corrected chi connectivity index (χ3v) is 4.99. The number of carbonyl (C=O) groups excluding carboxylic acids is 1. The predicted octanol–water partition coefficient (Wildman–Crippen LogP) is 3.94. The molecule has 1 saturated carbocycles. The minimum atomic E-state index is -0.749. The Bertz CT molecular complexity index is 816. The SMILES string of the molecule is [N-]=[N+]=C(C(=O)OC1CCCCC1)C(Nc1ncccn1)c1ccc(Br)cc1. The Balaban J connectivity index is 1.85. The van der Waals surface area contributed by atoms with Gasteiger partial charge in [0.2, 0.25) is 5.95 Å². The summed E-state index contributed by atoms with van der Waals surface area (Å²) in [6.07, 6.45) is 7.94. The van der Waals surface area contributed by atoms with Crippen LogP contribution in [0, 0.1) is 0 Å². The van der Waals surface area contributed by atoms with Gasteiger partial charge in [-0.3, -0.25) is 0 Å². The Morgan fingerprint density at radius 2 is 1.85 bits per heavy atom. The molecule has 1 heterocycles. The van der Waals surface area contributed by atoms with E-state index in [0.717, 1.165) is 42.1 Å². The van der Waals surface area contributed by atoms with Crippen molar-refractivity contribution < 1.29 is 14.3 Å². The van der Waals surface area contributed by atoms with Crippen LogP contribution in [0.4, 0.5) is 5.95 Å². The zero-order chi connectivity index (χ0) is 19.1. The van der Waals surface area contributed by atoms with Crippen LogP contribution in [0.3, 0.4) is 0 Å². The van der Waals surface area contributed by atoms with Crippen LogP contribution in [0.5, 0.6) is 0 Å². The average molecular weight is 430 g/mol. The van der Waals surface area contributed by atoms with E-state index in [2.05, 4.69) is 36.0 Å². The first-order valence-corrected chi connectivity index (χ1v) is 9.68. The summed E-state index contributed by atoms with van der Waals surface area (Å²) in [7, 11) is 0. The van der Waals surface area contributed by atoms with Crippen LogP contribution in [0.25, 0.3) is 5.53 Å². The second-order valence-electron chi connectivity index (χ2n) is 6.35. The number of halogens is 1. The highest BCUT2D eigenvalue weighted by molar-refractivity contribution is 9.10. The van der Waals surface area contributed by atoms with Gasteiger partial charge in [0.25, 0.3) is 0 Å². The number of benzene rings is 1. The standard InChI is InChI=1S/C19H20BrN5O2/c20-14-9-7-13(8-10-14)16(24-19-22-11-4-12-23-19)17(25-21)18(26)27-15-5-2-1-3-6-15/h4,7-12,15-16H,1-3,5-6H2,(H,22,23,24). The van der Waals surface area contributed by atoms with E-state index in [-0.39, 0.29) is 11.8 Å². The lowest BCUT2D eigenvalue weighted by molar-refractivity contribution is -0.147. The van der Waals surface area contributed by atoms with E-state index in [4.69, 9.17) is 4.74 Å². The van der Waals surface area contributed by atoms with Gasteiger partial charge in [0, 0.05) is 16.9 Å². The zero-order valence-electron chi connectivity index (χ0n) is 14.7. The monoisotopic (exact) mass is 429 g/mol. The number of anilines is 1. The van der Waals surface area contributed by atoms with Gasteiger partial charge in [0.05, 0.1) is 0 Å². The molecule has 0 saturated heterocycles. The molecule has 1 atom stereocenters. The molecule has 1 aromatic heterocycles. The fraction of sp³-hybridized carbons (Fsp3) is 0.368. The Morgan fingerprint density at radius 1 is 1.19 bits per heavy atom. The van der Waals surface area contributed by atoms with Crippen LogP contribution in [-0.4, -0.2) is 32.5 Å². The molecule has 140 valence electrons. The maximum atomic E-state index is 12.7. The van der Waals surface area contributed by atoms with Crippen molar-refractivity contribution in [2.45, 2.75) is 44.2 Å². The maximum Gasteiger partial charge on any atom is 0.419 e. The lowest BCUT2D eigenvalue weighted by Gasteiger charge is -2.22. The molecule has 1 aliphatic rings. The minimum absolute atomic E-state index is 0.129. The number of ether oxygens (including phenoxy) is 1. The molecule has 1 unspecified atom stereocenters. The van der Waals surface area contributed by atoms with Crippen molar-refractivity contribution in [2.75, 3.05) is 5.32 Å². The van der Waals surface area contributed by atoms with Gasteiger partial charge in [0.15, 0.2) is 6.04 Å². The van der Waals surface area contributed by atoms with Gasteiger partial charge in [-0.05, 0) is 49.4 Å². The van der Waals surface area contributed by atoms with Crippen LogP contribution in [0.2, 0.25) is 0 Å². The number of hydrogen-bond acceptors (Lipinski definition) is 5. The molecule has 0 bridgehead atoms. The second kappa shape index (κ2) is 9.39. The summed E-state index contributed by atoms with van der Waals surface area (Å²) in [5, 5.41) is 3.05. The normalized spacial score (nSPS) is 15.4. The van der Waals surface area contributed by atoms with Crippen LogP contribution >= 0.6 is 15.9 Å². The van der Waals surface area contributed by atoms with E-state index in [1.807, 2.05) is 24.3 Å². The molecule has 1 fully saturated rings. The smallest absolute Gasteiger partial charge is 0.419 e. The van der Waals surface area contributed by atoms with Gasteiger partial charge in [-0.1, -0.05) is 34.5 Å². The van der Waals surface area contributed by atoms with Crippen molar-refractivity contribution in [3.05, 3.63) is 58.3 Å². The summed E-state index contributed by atoms with van der Waals surface area (Å²) in [4.78, 5) is 24.2. The molecular formula is C19H20BrN5O2. The van der Waals surface area contributed by atoms with Crippen molar-refractivity contribution >= 4 is 33.6 Å². The molecular weight excluding hydrogens is 410 g/mol. The van der Waals surface area contributed by atoms with Crippen molar-refractivity contribution in [1.82, 2.24) is 9.97 Å². The van der Waals surface area contributed by atoms with E-state index in [9.17, 15) is 10.3 Å². The third kappa shape index (κ3) is 5.21. The van der Waals surface area contributed by atoms with Crippen LogP contribution in [0.1, 0.15) is 43.7 Å². The third-order valence-electron chi connectivity index (χ3n) is 4.46. The molecule has 8 heteroatoms. The molecule has 0 amide bonds. The van der Waals surface area contributed by atoms with Gasteiger partial charge in [-0.25, -0.2) is 14.8 Å². The molecule has 27 heavy (non-hydrogen) atoms. The van der Waals surface area contributed by atoms with Gasteiger partial charge in [-0.2, -0.15) is 4.79 Å². The number of carbonyl (C=O) groups is 1. The first-order chi connectivity index (χ1) is 13.2. The van der Waals surface area contributed by atoms with Crippen molar-refractivity contribution in [3.8, 4) is 0 Å². The highest BCUT2D eigenvalue weighted by Gasteiger charge is 2.36. The number of hydrogen-bond donors (Lipinski definition) is 1. The molecule has 3 rings (SSSR count). The second-order valence-corrected chi connectivity index (χ2v) is 7.27. The van der Waals surface area contributed by atoms with E-state index in [1.165, 1.54) is 0 Å². The average Bonchev–Trinajstić information content (AvgIpc) is 2.70. The summed E-state index contributed by atoms with van der Waals surface area (Å²) in [6, 6.07) is 8.28. The minimum Gasteiger partial charge on any atom is -0.454 e. The Labute approximate surface area is 165 Å². The first-order valence-electron chi connectivity index (χ1n) is 8.89. The quantitative estimate of drug-likeness (QED) is 0.324. The zero-order valence-corrected chi connectivity index (χ0v) is 16.3. The van der Waals surface area contributed by atoms with Crippen LogP contribution in [-0.2, 0) is 9.53 Å². The summed E-state index contributed by atoms with van der Waals surface area (Å²) in [6.45, 7) is 0. The summed E-state index contributed by atoms with van der Waals surface area (Å²) in [5.74, 6) is -0.321.